The largest absolute Gasteiger partial charge is 0.372 e. The Morgan fingerprint density at radius 1 is 0.967 bits per heavy atom. The maximum Gasteiger partial charge on any atom is 0.334 e. The fourth-order valence-corrected chi connectivity index (χ4v) is 4.71. The lowest BCUT2D eigenvalue weighted by Gasteiger charge is -2.34. The lowest BCUT2D eigenvalue weighted by atomic mass is 9.85. The van der Waals surface area contributed by atoms with Crippen molar-refractivity contribution in [3.8, 4) is 0 Å². The second-order valence-electron chi connectivity index (χ2n) is 8.47. The van der Waals surface area contributed by atoms with E-state index in [1.54, 1.807) is 12.1 Å². The highest BCUT2D eigenvalue weighted by atomic mass is 16.2. The first kappa shape index (κ1) is 20.4. The Morgan fingerprint density at radius 3 is 2.30 bits per heavy atom. The van der Waals surface area contributed by atoms with E-state index in [0.717, 1.165) is 47.8 Å². The van der Waals surface area contributed by atoms with E-state index < -0.39 is 30.3 Å². The Bertz CT molecular complexity index is 847. The molecule has 1 aromatic carbocycles. The normalized spacial score (nSPS) is 24.7. The number of imide groups is 2. The van der Waals surface area contributed by atoms with Gasteiger partial charge in [-0.25, -0.2) is 9.69 Å². The Balaban J connectivity index is 1.38. The second-order valence-corrected chi connectivity index (χ2v) is 8.47. The van der Waals surface area contributed by atoms with Crippen molar-refractivity contribution in [2.24, 2.45) is 5.92 Å². The number of urea groups is 1. The first-order valence-corrected chi connectivity index (χ1v) is 10.8. The summed E-state index contributed by atoms with van der Waals surface area (Å²) in [6.07, 6.45) is 5.98. The van der Waals surface area contributed by atoms with Gasteiger partial charge in [-0.3, -0.25) is 19.3 Å². The van der Waals surface area contributed by atoms with Crippen LogP contribution in [0.4, 0.5) is 16.2 Å². The second kappa shape index (κ2) is 8.45. The molecule has 8 heteroatoms. The molecule has 1 N–H and O–H groups in total. The SMILES string of the molecule is C[C@@H]1CCCC[C@@H]1N1C(=O)C(=O)N(CC(=O)Nc2ccc(N3CCCC3)cc2)C1=O. The standard InChI is InChI=1S/C22H28N4O4/c1-15-6-2-3-7-18(15)26-21(29)20(28)25(22(26)30)14-19(27)23-16-8-10-17(11-9-16)24-12-4-5-13-24/h8-11,15,18H,2-7,12-14H2,1H3,(H,23,27)/t15-,18+/m1/s1. The van der Waals surface area contributed by atoms with Crippen LogP contribution in [0, 0.1) is 5.92 Å². The molecule has 0 spiro atoms. The highest BCUT2D eigenvalue weighted by molar-refractivity contribution is 6.45. The summed E-state index contributed by atoms with van der Waals surface area (Å²) in [5.74, 6) is -2.09. The van der Waals surface area contributed by atoms with Crippen LogP contribution in [0.2, 0.25) is 0 Å². The molecule has 160 valence electrons. The molecule has 1 saturated carbocycles. The number of hydrogen-bond donors (Lipinski definition) is 1. The van der Waals surface area contributed by atoms with E-state index >= 15 is 0 Å². The van der Waals surface area contributed by atoms with Gasteiger partial charge in [-0.1, -0.05) is 19.8 Å². The number of nitrogens with one attached hydrogen (secondary N) is 1. The molecule has 30 heavy (non-hydrogen) atoms. The predicted octanol–water partition coefficient (Wildman–Crippen LogP) is 2.59. The molecule has 3 fully saturated rings. The molecule has 5 amide bonds. The summed E-state index contributed by atoms with van der Waals surface area (Å²) in [5, 5.41) is 2.71. The van der Waals surface area contributed by atoms with Crippen molar-refractivity contribution in [1.82, 2.24) is 9.80 Å². The monoisotopic (exact) mass is 412 g/mol. The molecule has 8 nitrogen and oxygen atoms in total. The van der Waals surface area contributed by atoms with Crippen LogP contribution < -0.4 is 10.2 Å². The summed E-state index contributed by atoms with van der Waals surface area (Å²) >= 11 is 0. The maximum atomic E-state index is 12.8. The van der Waals surface area contributed by atoms with Crippen LogP contribution in [0.5, 0.6) is 0 Å². The van der Waals surface area contributed by atoms with Crippen molar-refractivity contribution < 1.29 is 19.2 Å². The van der Waals surface area contributed by atoms with Crippen LogP contribution in [0.1, 0.15) is 45.4 Å². The number of benzene rings is 1. The van der Waals surface area contributed by atoms with Crippen LogP contribution in [-0.2, 0) is 14.4 Å². The van der Waals surface area contributed by atoms with Gasteiger partial charge in [0.25, 0.3) is 0 Å². The van der Waals surface area contributed by atoms with E-state index in [2.05, 4.69) is 10.2 Å². The van der Waals surface area contributed by atoms with E-state index in [4.69, 9.17) is 0 Å². The van der Waals surface area contributed by atoms with E-state index in [1.807, 2.05) is 19.1 Å². The summed E-state index contributed by atoms with van der Waals surface area (Å²) in [4.78, 5) is 54.2. The zero-order valence-corrected chi connectivity index (χ0v) is 17.3. The molecule has 0 unspecified atom stereocenters. The van der Waals surface area contributed by atoms with E-state index in [0.29, 0.717) is 12.1 Å². The van der Waals surface area contributed by atoms with Crippen LogP contribution in [0.25, 0.3) is 0 Å². The minimum atomic E-state index is -0.919. The van der Waals surface area contributed by atoms with Crippen LogP contribution in [-0.4, -0.2) is 59.2 Å². The van der Waals surface area contributed by atoms with Gasteiger partial charge in [0.15, 0.2) is 0 Å². The van der Waals surface area contributed by atoms with Gasteiger partial charge in [0, 0.05) is 30.5 Å². The fraction of sp³-hybridized carbons (Fsp3) is 0.545. The zero-order chi connectivity index (χ0) is 21.3. The number of nitrogens with zero attached hydrogens (tertiary/aromatic N) is 3. The molecule has 2 saturated heterocycles. The molecule has 1 aliphatic carbocycles. The van der Waals surface area contributed by atoms with Gasteiger partial charge in [0.2, 0.25) is 5.91 Å². The highest BCUT2D eigenvalue weighted by Gasteiger charge is 2.49. The molecule has 0 bridgehead atoms. The van der Waals surface area contributed by atoms with Crippen molar-refractivity contribution >= 4 is 35.1 Å². The number of hydrogen-bond acceptors (Lipinski definition) is 5. The summed E-state index contributed by atoms with van der Waals surface area (Å²) in [7, 11) is 0. The van der Waals surface area contributed by atoms with Gasteiger partial charge in [-0.05, 0) is 55.9 Å². The van der Waals surface area contributed by atoms with Gasteiger partial charge >= 0.3 is 17.8 Å². The van der Waals surface area contributed by atoms with Crippen LogP contribution >= 0.6 is 0 Å². The molecule has 2 aliphatic heterocycles. The Kier molecular flexibility index (Phi) is 5.74. The Morgan fingerprint density at radius 2 is 1.63 bits per heavy atom. The van der Waals surface area contributed by atoms with Crippen LogP contribution in [0.3, 0.4) is 0 Å². The third-order valence-corrected chi connectivity index (χ3v) is 6.41. The third-order valence-electron chi connectivity index (χ3n) is 6.41. The first-order chi connectivity index (χ1) is 14.5. The topological polar surface area (TPSA) is 90.0 Å². The molecular weight excluding hydrogens is 384 g/mol. The number of amides is 5. The van der Waals surface area contributed by atoms with Crippen LogP contribution in [0.15, 0.2) is 24.3 Å². The number of carbonyl (C=O) groups excluding carboxylic acids is 4. The average Bonchev–Trinajstić information content (AvgIpc) is 3.34. The van der Waals surface area contributed by atoms with Gasteiger partial charge < -0.3 is 10.2 Å². The van der Waals surface area contributed by atoms with Gasteiger partial charge in [0.1, 0.15) is 6.54 Å². The quantitative estimate of drug-likeness (QED) is 0.593. The lowest BCUT2D eigenvalue weighted by molar-refractivity contribution is -0.145. The van der Waals surface area contributed by atoms with E-state index in [1.165, 1.54) is 12.8 Å². The smallest absolute Gasteiger partial charge is 0.334 e. The molecule has 0 aromatic heterocycles. The minimum Gasteiger partial charge on any atom is -0.372 e. The van der Waals surface area contributed by atoms with Gasteiger partial charge in [-0.15, -0.1) is 0 Å². The number of rotatable bonds is 5. The summed E-state index contributed by atoms with van der Waals surface area (Å²) in [5.41, 5.74) is 1.70. The van der Waals surface area contributed by atoms with Crippen molar-refractivity contribution in [1.29, 1.82) is 0 Å². The maximum absolute atomic E-state index is 12.8. The Labute approximate surface area is 176 Å². The first-order valence-electron chi connectivity index (χ1n) is 10.8. The molecule has 0 radical (unpaired) electrons. The molecule has 2 heterocycles. The molecule has 2 atom stereocenters. The van der Waals surface area contributed by atoms with E-state index in [9.17, 15) is 19.2 Å². The number of anilines is 2. The minimum absolute atomic E-state index is 0.155. The lowest BCUT2D eigenvalue weighted by Crippen LogP contribution is -2.46. The fourth-order valence-electron chi connectivity index (χ4n) is 4.71. The van der Waals surface area contributed by atoms with Gasteiger partial charge in [0.05, 0.1) is 0 Å². The molecule has 4 rings (SSSR count). The third kappa shape index (κ3) is 3.91. The average molecular weight is 412 g/mol. The summed E-state index contributed by atoms with van der Waals surface area (Å²) < 4.78 is 0. The van der Waals surface area contributed by atoms with Crippen molar-refractivity contribution in [2.45, 2.75) is 51.5 Å². The summed E-state index contributed by atoms with van der Waals surface area (Å²) in [6, 6.07) is 6.56. The van der Waals surface area contributed by atoms with Gasteiger partial charge in [-0.2, -0.15) is 0 Å². The molecular formula is C22H28N4O4. The van der Waals surface area contributed by atoms with E-state index in [-0.39, 0.29) is 12.0 Å². The molecule has 1 aromatic rings. The Hall–Kier alpha value is -2.90. The highest BCUT2D eigenvalue weighted by Crippen LogP contribution is 2.31. The van der Waals surface area contributed by atoms with Crippen molar-refractivity contribution in [3.05, 3.63) is 24.3 Å². The van der Waals surface area contributed by atoms with Crippen molar-refractivity contribution in [3.63, 3.8) is 0 Å². The zero-order valence-electron chi connectivity index (χ0n) is 17.3. The molecule has 3 aliphatic rings. The number of carbonyl (C=O) groups is 4. The van der Waals surface area contributed by atoms with Crippen molar-refractivity contribution in [2.75, 3.05) is 29.9 Å². The predicted molar refractivity (Wildman–Crippen MR) is 112 cm³/mol. The summed E-state index contributed by atoms with van der Waals surface area (Å²) in [6.45, 7) is 3.61.